The normalized spacial score (nSPS) is 17.8. The van der Waals surface area contributed by atoms with Gasteiger partial charge in [0.1, 0.15) is 0 Å². The van der Waals surface area contributed by atoms with Crippen molar-refractivity contribution in [3.8, 4) is 0 Å². The van der Waals surface area contributed by atoms with E-state index < -0.39 is 0 Å². The maximum atomic E-state index is 3.82. The van der Waals surface area contributed by atoms with Crippen LogP contribution in [0.25, 0.3) is 0 Å². The van der Waals surface area contributed by atoms with Crippen molar-refractivity contribution in [2.45, 2.75) is 12.8 Å². The Morgan fingerprint density at radius 2 is 1.46 bits per heavy atom. The van der Waals surface area contributed by atoms with Gasteiger partial charge in [-0.25, -0.2) is 0 Å². The zero-order chi connectivity index (χ0) is 9.36. The third-order valence-corrected chi connectivity index (χ3v) is 1.61. The molecule has 0 saturated heterocycles. The van der Waals surface area contributed by atoms with Crippen molar-refractivity contribution < 1.29 is 0 Å². The van der Waals surface area contributed by atoms with Crippen LogP contribution < -0.4 is 5.32 Å². The largest absolute Gasteiger partial charge is 0.358 e. The lowest BCUT2D eigenvalue weighted by atomic mass is 10.3. The lowest BCUT2D eigenvalue weighted by molar-refractivity contribution is 0.612. The first-order valence-corrected chi connectivity index (χ1v) is 4.45. The number of allylic oxidation sites excluding steroid dienone is 4. The van der Waals surface area contributed by atoms with E-state index in [1.807, 2.05) is 24.1 Å². The molecule has 2 heterocycles. The zero-order valence-corrected chi connectivity index (χ0v) is 7.93. The Balaban J connectivity index is 0.000000132. The molecule has 0 amide bonds. The van der Waals surface area contributed by atoms with Gasteiger partial charge in [-0.15, -0.1) is 0 Å². The fraction of sp³-hybridized carbons (Fsp3) is 0.273. The fourth-order valence-corrected chi connectivity index (χ4v) is 0.954. The van der Waals surface area contributed by atoms with E-state index in [0.717, 1.165) is 12.8 Å². The first-order valence-electron chi connectivity index (χ1n) is 4.45. The van der Waals surface area contributed by atoms with Gasteiger partial charge in [-0.3, -0.25) is 5.32 Å². The molecule has 0 N–H and O–H groups in total. The highest BCUT2D eigenvalue weighted by atomic mass is 15.0. The average molecular weight is 175 g/mol. The maximum Gasteiger partial charge on any atom is 0.0230 e. The Kier molecular flexibility index (Phi) is 4.54. The topological polar surface area (TPSA) is 17.3 Å². The molecule has 0 bridgehead atoms. The lowest BCUT2D eigenvalue weighted by Gasteiger charge is -2.08. The molecule has 13 heavy (non-hydrogen) atoms. The van der Waals surface area contributed by atoms with Gasteiger partial charge in [0.15, 0.2) is 0 Å². The molecule has 0 unspecified atom stereocenters. The Morgan fingerprint density at radius 1 is 0.923 bits per heavy atom. The van der Waals surface area contributed by atoms with E-state index in [4.69, 9.17) is 0 Å². The molecule has 2 aliphatic rings. The molecule has 0 aromatic rings. The summed E-state index contributed by atoms with van der Waals surface area (Å²) in [6.45, 7) is 0. The second kappa shape index (κ2) is 6.12. The Bertz CT molecular complexity index is 204. The summed E-state index contributed by atoms with van der Waals surface area (Å²) >= 11 is 0. The summed E-state index contributed by atoms with van der Waals surface area (Å²) in [5.74, 6) is 0. The molecule has 2 aliphatic heterocycles. The molecule has 2 heteroatoms. The van der Waals surface area contributed by atoms with Gasteiger partial charge in [0.2, 0.25) is 0 Å². The molecule has 0 aliphatic carbocycles. The van der Waals surface area contributed by atoms with Crippen molar-refractivity contribution >= 4 is 0 Å². The summed E-state index contributed by atoms with van der Waals surface area (Å²) < 4.78 is 0. The molecule has 0 spiro atoms. The van der Waals surface area contributed by atoms with Crippen LogP contribution in [0.3, 0.4) is 0 Å². The van der Waals surface area contributed by atoms with Crippen LogP contribution >= 0.6 is 0 Å². The standard InChI is InChI=1S/C6H9N.C5H6N/c1-7-5-3-2-4-6-7;1-2-4-6-5-3-1/h3-6H,2H2,1H3;2-5H,1H2. The first-order chi connectivity index (χ1) is 6.39. The van der Waals surface area contributed by atoms with Crippen LogP contribution in [-0.4, -0.2) is 11.9 Å². The van der Waals surface area contributed by atoms with Crippen molar-refractivity contribution in [3.05, 3.63) is 49.1 Å². The molecule has 0 fully saturated rings. The monoisotopic (exact) mass is 175 g/mol. The van der Waals surface area contributed by atoms with Gasteiger partial charge < -0.3 is 4.90 Å². The van der Waals surface area contributed by atoms with E-state index in [2.05, 4.69) is 29.9 Å². The molecule has 2 nitrogen and oxygen atoms in total. The molecule has 1 radical (unpaired) electrons. The van der Waals surface area contributed by atoms with Gasteiger partial charge in [0, 0.05) is 19.4 Å². The molecular weight excluding hydrogens is 160 g/mol. The SMILES string of the molecule is C1=C[N]C=CC1.CN1C=CCC=C1. The van der Waals surface area contributed by atoms with Gasteiger partial charge in [-0.1, -0.05) is 24.3 Å². The van der Waals surface area contributed by atoms with Gasteiger partial charge in [0.05, 0.1) is 0 Å². The smallest absolute Gasteiger partial charge is 0.0230 e. The lowest BCUT2D eigenvalue weighted by Crippen LogP contribution is -2.01. The quantitative estimate of drug-likeness (QED) is 0.552. The van der Waals surface area contributed by atoms with E-state index in [0.29, 0.717) is 0 Å². The van der Waals surface area contributed by atoms with E-state index in [1.54, 1.807) is 12.4 Å². The van der Waals surface area contributed by atoms with Crippen molar-refractivity contribution in [1.82, 2.24) is 10.2 Å². The van der Waals surface area contributed by atoms with Gasteiger partial charge in [-0.05, 0) is 25.2 Å². The highest BCUT2D eigenvalue weighted by Crippen LogP contribution is 1.97. The van der Waals surface area contributed by atoms with Crippen LogP contribution in [-0.2, 0) is 0 Å². The molecule has 0 aromatic heterocycles. The third kappa shape index (κ3) is 4.90. The number of hydrogen-bond acceptors (Lipinski definition) is 1. The second-order valence-electron chi connectivity index (χ2n) is 2.83. The van der Waals surface area contributed by atoms with Crippen LogP contribution in [0.5, 0.6) is 0 Å². The minimum Gasteiger partial charge on any atom is -0.358 e. The minimum absolute atomic E-state index is 1.05. The molecule has 0 saturated carbocycles. The molecular formula is C11H15N2. The van der Waals surface area contributed by atoms with Crippen LogP contribution in [0.4, 0.5) is 0 Å². The molecule has 2 rings (SSSR count). The predicted molar refractivity (Wildman–Crippen MR) is 55.7 cm³/mol. The van der Waals surface area contributed by atoms with Crippen LogP contribution in [0.2, 0.25) is 0 Å². The summed E-state index contributed by atoms with van der Waals surface area (Å²) in [6, 6.07) is 0. The fourth-order valence-electron chi connectivity index (χ4n) is 0.954. The predicted octanol–water partition coefficient (Wildman–Crippen LogP) is 2.37. The van der Waals surface area contributed by atoms with Crippen LogP contribution in [0.15, 0.2) is 49.1 Å². The van der Waals surface area contributed by atoms with Gasteiger partial charge in [0.25, 0.3) is 0 Å². The van der Waals surface area contributed by atoms with Crippen molar-refractivity contribution in [1.29, 1.82) is 0 Å². The Hall–Kier alpha value is -1.44. The van der Waals surface area contributed by atoms with E-state index in [9.17, 15) is 0 Å². The summed E-state index contributed by atoms with van der Waals surface area (Å²) in [6.07, 6.45) is 18.1. The van der Waals surface area contributed by atoms with E-state index in [-0.39, 0.29) is 0 Å². The molecule has 69 valence electrons. The zero-order valence-electron chi connectivity index (χ0n) is 7.93. The van der Waals surface area contributed by atoms with Crippen LogP contribution in [0.1, 0.15) is 12.8 Å². The summed E-state index contributed by atoms with van der Waals surface area (Å²) in [4.78, 5) is 2.03. The second-order valence-corrected chi connectivity index (χ2v) is 2.83. The van der Waals surface area contributed by atoms with Crippen molar-refractivity contribution in [3.63, 3.8) is 0 Å². The maximum absolute atomic E-state index is 3.82. The molecule has 0 aromatic carbocycles. The number of nitrogens with zero attached hydrogens (tertiary/aromatic N) is 2. The van der Waals surface area contributed by atoms with Crippen molar-refractivity contribution in [2.24, 2.45) is 0 Å². The number of rotatable bonds is 0. The van der Waals surface area contributed by atoms with E-state index >= 15 is 0 Å². The first kappa shape index (κ1) is 9.65. The minimum atomic E-state index is 1.05. The highest BCUT2D eigenvalue weighted by Gasteiger charge is 1.84. The number of hydrogen-bond donors (Lipinski definition) is 0. The molecule has 0 atom stereocenters. The summed E-state index contributed by atoms with van der Waals surface area (Å²) in [5.41, 5.74) is 0. The Labute approximate surface area is 79.9 Å². The van der Waals surface area contributed by atoms with Gasteiger partial charge >= 0.3 is 0 Å². The van der Waals surface area contributed by atoms with E-state index in [1.165, 1.54) is 0 Å². The summed E-state index contributed by atoms with van der Waals surface area (Å²) in [5, 5.41) is 3.82. The van der Waals surface area contributed by atoms with Gasteiger partial charge in [-0.2, -0.15) is 0 Å². The van der Waals surface area contributed by atoms with Crippen LogP contribution in [0, 0.1) is 0 Å². The highest BCUT2D eigenvalue weighted by molar-refractivity contribution is 5.00. The summed E-state index contributed by atoms with van der Waals surface area (Å²) in [7, 11) is 2.02. The Morgan fingerprint density at radius 3 is 1.69 bits per heavy atom. The average Bonchev–Trinajstić information content (AvgIpc) is 2.22. The third-order valence-electron chi connectivity index (χ3n) is 1.61. The van der Waals surface area contributed by atoms with Crippen molar-refractivity contribution in [2.75, 3.05) is 7.05 Å².